The third-order valence-corrected chi connectivity index (χ3v) is 5.07. The van der Waals surface area contributed by atoms with Crippen LogP contribution in [0, 0.1) is 20.8 Å². The summed E-state index contributed by atoms with van der Waals surface area (Å²) in [5.74, 6) is -0.451. The van der Waals surface area contributed by atoms with Crippen LogP contribution in [0.5, 0.6) is 0 Å². The lowest BCUT2D eigenvalue weighted by molar-refractivity contribution is 0.594. The molecule has 0 saturated carbocycles. The predicted octanol–water partition coefficient (Wildman–Crippen LogP) is 0.962. The molecule has 1 aromatic carbocycles. The second-order valence-corrected chi connectivity index (χ2v) is 7.01. The fourth-order valence-corrected chi connectivity index (χ4v) is 3.51. The summed E-state index contributed by atoms with van der Waals surface area (Å²) in [4.78, 5) is 27.5. The van der Waals surface area contributed by atoms with E-state index in [-0.39, 0.29) is 16.2 Å². The Labute approximate surface area is 121 Å². The molecule has 2 aromatic rings. The van der Waals surface area contributed by atoms with Crippen LogP contribution in [0.4, 0.5) is 0 Å². The van der Waals surface area contributed by atoms with Gasteiger partial charge in [-0.05, 0) is 44.0 Å². The van der Waals surface area contributed by atoms with Crippen molar-refractivity contribution in [3.63, 3.8) is 0 Å². The smallest absolute Gasteiger partial charge is 0.311 e. The van der Waals surface area contributed by atoms with Crippen LogP contribution in [0.3, 0.4) is 0 Å². The normalized spacial score (nSPS) is 11.6. The molecule has 0 spiro atoms. The number of rotatable bonds is 3. The van der Waals surface area contributed by atoms with Gasteiger partial charge in [-0.25, -0.2) is 13.2 Å². The predicted molar refractivity (Wildman–Crippen MR) is 79.2 cm³/mol. The molecule has 1 heterocycles. The van der Waals surface area contributed by atoms with Crippen LogP contribution >= 0.6 is 0 Å². The van der Waals surface area contributed by atoms with Crippen LogP contribution in [0.1, 0.15) is 22.4 Å². The standard InChI is InChI=1S/C14H16N2O4S/c1-8-4-5-11(6-9(8)2)21(19,20)7-12-10(3)15-14(18)16-13(12)17/h4-6H,7H2,1-3H3,(H2,15,16,17,18). The first-order valence-electron chi connectivity index (χ1n) is 6.33. The molecule has 0 aliphatic heterocycles. The van der Waals surface area contributed by atoms with E-state index >= 15 is 0 Å². The van der Waals surface area contributed by atoms with Gasteiger partial charge in [0.2, 0.25) is 0 Å². The Morgan fingerprint density at radius 1 is 1.00 bits per heavy atom. The molecule has 112 valence electrons. The summed E-state index contributed by atoms with van der Waals surface area (Å²) in [6, 6.07) is 4.83. The number of aromatic nitrogens is 2. The second kappa shape index (κ2) is 5.33. The summed E-state index contributed by atoms with van der Waals surface area (Å²) in [5, 5.41) is 0. The van der Waals surface area contributed by atoms with Crippen molar-refractivity contribution in [1.29, 1.82) is 0 Å². The molecule has 2 rings (SSSR count). The molecule has 21 heavy (non-hydrogen) atoms. The Hall–Kier alpha value is -2.15. The number of hydrogen-bond acceptors (Lipinski definition) is 4. The maximum atomic E-state index is 12.4. The molecular formula is C14H16N2O4S. The summed E-state index contributed by atoms with van der Waals surface area (Å²) in [6.07, 6.45) is 0. The van der Waals surface area contributed by atoms with Crippen LogP contribution in [0.25, 0.3) is 0 Å². The monoisotopic (exact) mass is 308 g/mol. The number of benzene rings is 1. The molecule has 2 N–H and O–H groups in total. The summed E-state index contributed by atoms with van der Waals surface area (Å²) < 4.78 is 24.8. The highest BCUT2D eigenvalue weighted by atomic mass is 32.2. The first-order chi connectivity index (χ1) is 9.70. The van der Waals surface area contributed by atoms with Crippen LogP contribution in [-0.4, -0.2) is 18.4 Å². The minimum absolute atomic E-state index is 0.0489. The molecule has 0 bridgehead atoms. The van der Waals surface area contributed by atoms with Crippen molar-refractivity contribution in [1.82, 2.24) is 9.97 Å². The first kappa shape index (κ1) is 15.2. The highest BCUT2D eigenvalue weighted by Gasteiger charge is 2.19. The van der Waals surface area contributed by atoms with E-state index in [0.29, 0.717) is 0 Å². The highest BCUT2D eigenvalue weighted by molar-refractivity contribution is 7.90. The number of hydrogen-bond donors (Lipinski definition) is 2. The van der Waals surface area contributed by atoms with E-state index in [1.165, 1.54) is 13.0 Å². The molecule has 0 atom stereocenters. The van der Waals surface area contributed by atoms with Crippen molar-refractivity contribution in [3.05, 3.63) is 61.4 Å². The minimum Gasteiger partial charge on any atom is -0.311 e. The number of nitrogens with one attached hydrogen (secondary N) is 2. The highest BCUT2D eigenvalue weighted by Crippen LogP contribution is 2.18. The van der Waals surface area contributed by atoms with Gasteiger partial charge in [0.1, 0.15) is 0 Å². The number of aryl methyl sites for hydroxylation is 3. The minimum atomic E-state index is -3.65. The summed E-state index contributed by atoms with van der Waals surface area (Å²) in [7, 11) is -3.65. The lowest BCUT2D eigenvalue weighted by Crippen LogP contribution is -2.28. The topological polar surface area (TPSA) is 99.9 Å². The lowest BCUT2D eigenvalue weighted by Gasteiger charge is -2.08. The van der Waals surface area contributed by atoms with Gasteiger partial charge in [-0.15, -0.1) is 0 Å². The van der Waals surface area contributed by atoms with Crippen molar-refractivity contribution in [2.45, 2.75) is 31.4 Å². The SMILES string of the molecule is Cc1ccc(S(=O)(=O)Cc2c(C)[nH]c(=O)[nH]c2=O)cc1C. The van der Waals surface area contributed by atoms with Crippen molar-refractivity contribution >= 4 is 9.84 Å². The molecule has 0 amide bonds. The molecule has 0 fully saturated rings. The average Bonchev–Trinajstić information content (AvgIpc) is 2.37. The van der Waals surface area contributed by atoms with Crippen molar-refractivity contribution in [3.8, 4) is 0 Å². The van der Waals surface area contributed by atoms with Gasteiger partial charge in [0, 0.05) is 5.69 Å². The molecule has 1 aromatic heterocycles. The lowest BCUT2D eigenvalue weighted by atomic mass is 10.1. The van der Waals surface area contributed by atoms with E-state index in [9.17, 15) is 18.0 Å². The van der Waals surface area contributed by atoms with Gasteiger partial charge in [-0.1, -0.05) is 6.07 Å². The number of aromatic amines is 2. The van der Waals surface area contributed by atoms with Crippen LogP contribution in [-0.2, 0) is 15.6 Å². The summed E-state index contributed by atoms with van der Waals surface area (Å²) in [5.41, 5.74) is 0.840. The van der Waals surface area contributed by atoms with E-state index < -0.39 is 26.8 Å². The van der Waals surface area contributed by atoms with Crippen molar-refractivity contribution < 1.29 is 8.42 Å². The molecule has 0 radical (unpaired) electrons. The second-order valence-electron chi connectivity index (χ2n) is 5.02. The zero-order valence-corrected chi connectivity index (χ0v) is 12.8. The van der Waals surface area contributed by atoms with Gasteiger partial charge in [-0.2, -0.15) is 0 Å². The Morgan fingerprint density at radius 3 is 2.24 bits per heavy atom. The Kier molecular flexibility index (Phi) is 3.87. The number of H-pyrrole nitrogens is 2. The van der Waals surface area contributed by atoms with Gasteiger partial charge < -0.3 is 4.98 Å². The largest absolute Gasteiger partial charge is 0.325 e. The molecular weight excluding hydrogens is 292 g/mol. The number of sulfone groups is 1. The zero-order valence-electron chi connectivity index (χ0n) is 12.0. The van der Waals surface area contributed by atoms with Crippen molar-refractivity contribution in [2.24, 2.45) is 0 Å². The van der Waals surface area contributed by atoms with Gasteiger partial charge in [0.05, 0.1) is 16.2 Å². The first-order valence-corrected chi connectivity index (χ1v) is 7.98. The third kappa shape index (κ3) is 3.13. The Bertz CT molecular complexity index is 907. The fourth-order valence-electron chi connectivity index (χ4n) is 1.98. The molecule has 0 aliphatic rings. The molecule has 7 heteroatoms. The van der Waals surface area contributed by atoms with Gasteiger partial charge in [0.25, 0.3) is 5.56 Å². The maximum absolute atomic E-state index is 12.4. The average molecular weight is 308 g/mol. The van der Waals surface area contributed by atoms with E-state index in [0.717, 1.165) is 11.1 Å². The van der Waals surface area contributed by atoms with Crippen LogP contribution in [0.15, 0.2) is 32.7 Å². The quantitative estimate of drug-likeness (QED) is 0.882. The Balaban J connectivity index is 2.49. The summed E-state index contributed by atoms with van der Waals surface area (Å²) >= 11 is 0. The Morgan fingerprint density at radius 2 is 1.67 bits per heavy atom. The van der Waals surface area contributed by atoms with Crippen molar-refractivity contribution in [2.75, 3.05) is 0 Å². The van der Waals surface area contributed by atoms with Gasteiger partial charge in [0.15, 0.2) is 9.84 Å². The molecule has 0 aliphatic carbocycles. The van der Waals surface area contributed by atoms with Crippen LogP contribution in [0.2, 0.25) is 0 Å². The zero-order chi connectivity index (χ0) is 15.8. The van der Waals surface area contributed by atoms with Gasteiger partial charge >= 0.3 is 5.69 Å². The third-order valence-electron chi connectivity index (χ3n) is 3.43. The van der Waals surface area contributed by atoms with E-state index in [1.807, 2.05) is 18.8 Å². The molecule has 0 saturated heterocycles. The van der Waals surface area contributed by atoms with Crippen LogP contribution < -0.4 is 11.2 Å². The van der Waals surface area contributed by atoms with E-state index in [4.69, 9.17) is 0 Å². The molecule has 6 nitrogen and oxygen atoms in total. The van der Waals surface area contributed by atoms with E-state index in [2.05, 4.69) is 4.98 Å². The van der Waals surface area contributed by atoms with E-state index in [1.54, 1.807) is 12.1 Å². The molecule has 0 unspecified atom stereocenters. The maximum Gasteiger partial charge on any atom is 0.325 e. The van der Waals surface area contributed by atoms with Gasteiger partial charge in [-0.3, -0.25) is 9.78 Å². The summed E-state index contributed by atoms with van der Waals surface area (Å²) in [6.45, 7) is 5.22. The fraction of sp³-hybridized carbons (Fsp3) is 0.286.